The molecule has 0 saturated carbocycles. The molecule has 1 aliphatic rings. The third kappa shape index (κ3) is 0.856. The van der Waals surface area contributed by atoms with E-state index in [0.717, 1.165) is 5.17 Å². The molecule has 0 unspecified atom stereocenters. The lowest BCUT2D eigenvalue weighted by atomic mass is 10.2. The van der Waals surface area contributed by atoms with Crippen LogP contribution in [0.1, 0.15) is 5.56 Å². The van der Waals surface area contributed by atoms with Crippen molar-refractivity contribution in [2.75, 3.05) is 5.17 Å². The zero-order valence-electron chi connectivity index (χ0n) is 5.58. The Kier molecular flexibility index (Phi) is 1.27. The number of hydrogen-bond acceptors (Lipinski definition) is 4. The molecule has 0 amide bonds. The van der Waals surface area contributed by atoms with Gasteiger partial charge < -0.3 is 0 Å². The summed E-state index contributed by atoms with van der Waals surface area (Å²) in [6, 6.07) is 1.26. The van der Waals surface area contributed by atoms with Crippen molar-refractivity contribution in [3.8, 4) is 0 Å². The van der Waals surface area contributed by atoms with Crippen LogP contribution in [0.15, 0.2) is 12.3 Å². The number of hydrogen-bond donors (Lipinski definition) is 2. The zero-order valence-corrected chi connectivity index (χ0v) is 5.58. The van der Waals surface area contributed by atoms with Crippen LogP contribution in [0.2, 0.25) is 0 Å². The molecule has 2 rings (SSSR count). The summed E-state index contributed by atoms with van der Waals surface area (Å²) in [7, 11) is 0. The van der Waals surface area contributed by atoms with Crippen molar-refractivity contribution in [1.29, 1.82) is 0 Å². The predicted molar refractivity (Wildman–Crippen MR) is 35.3 cm³/mol. The molecule has 4 nitrogen and oxygen atoms in total. The molecule has 0 saturated heterocycles. The fourth-order valence-corrected chi connectivity index (χ4v) is 1.03. The first-order valence-corrected chi connectivity index (χ1v) is 3.15. The van der Waals surface area contributed by atoms with E-state index in [1.807, 2.05) is 0 Å². The first kappa shape index (κ1) is 6.51. The van der Waals surface area contributed by atoms with Crippen molar-refractivity contribution >= 4 is 5.82 Å². The molecule has 0 bridgehead atoms. The van der Waals surface area contributed by atoms with Crippen molar-refractivity contribution in [3.05, 3.63) is 23.6 Å². The molecule has 1 aromatic rings. The Morgan fingerprint density at radius 3 is 3.27 bits per heavy atom. The van der Waals surface area contributed by atoms with Crippen LogP contribution >= 0.6 is 0 Å². The fraction of sp³-hybridized carbons (Fsp3) is 0.167. The Morgan fingerprint density at radius 1 is 1.73 bits per heavy atom. The molecular weight excluding hydrogens is 149 g/mol. The van der Waals surface area contributed by atoms with Crippen LogP contribution < -0.4 is 10.6 Å². The van der Waals surface area contributed by atoms with Crippen LogP contribution in [0.3, 0.4) is 0 Å². The van der Waals surface area contributed by atoms with E-state index in [0.29, 0.717) is 5.56 Å². The second-order valence-electron chi connectivity index (χ2n) is 2.24. The normalized spacial score (nSPS) is 15.3. The maximum Gasteiger partial charge on any atom is 0.178 e. The van der Waals surface area contributed by atoms with E-state index in [1.54, 1.807) is 0 Å². The van der Waals surface area contributed by atoms with Crippen LogP contribution in [0.5, 0.6) is 0 Å². The average molecular weight is 155 g/mol. The Labute approximate surface area is 62.2 Å². The van der Waals surface area contributed by atoms with Gasteiger partial charge in [-0.1, -0.05) is 0 Å². The number of fused-ring (bicyclic) bond motifs is 1. The van der Waals surface area contributed by atoms with E-state index >= 15 is 0 Å². The number of anilines is 1. The molecule has 2 heterocycles. The van der Waals surface area contributed by atoms with Gasteiger partial charge in [0.1, 0.15) is 5.82 Å². The van der Waals surface area contributed by atoms with Crippen molar-refractivity contribution in [1.82, 2.24) is 10.4 Å². The number of rotatable bonds is 0. The zero-order chi connectivity index (χ0) is 7.84. The van der Waals surface area contributed by atoms with Gasteiger partial charge in [-0.05, 0) is 6.07 Å². The first-order valence-electron chi connectivity index (χ1n) is 3.15. The highest BCUT2D eigenvalue weighted by molar-refractivity contribution is 5.47. The summed E-state index contributed by atoms with van der Waals surface area (Å²) >= 11 is 0. The molecule has 1 aliphatic heterocycles. The SMILES string of the molecule is ON1NCc2c(F)ccnc21. The number of halogens is 1. The first-order chi connectivity index (χ1) is 5.29. The van der Waals surface area contributed by atoms with E-state index in [9.17, 15) is 4.39 Å². The van der Waals surface area contributed by atoms with Gasteiger partial charge in [0.2, 0.25) is 0 Å². The summed E-state index contributed by atoms with van der Waals surface area (Å²) in [5.74, 6) is -0.107. The minimum Gasteiger partial charge on any atom is -0.272 e. The minimum absolute atomic E-state index is 0.241. The summed E-state index contributed by atoms with van der Waals surface area (Å²) in [6.45, 7) is 0.283. The van der Waals surface area contributed by atoms with Gasteiger partial charge in [0.15, 0.2) is 5.82 Å². The highest BCUT2D eigenvalue weighted by Crippen LogP contribution is 2.22. The minimum atomic E-state index is -0.348. The van der Waals surface area contributed by atoms with Gasteiger partial charge >= 0.3 is 0 Å². The topological polar surface area (TPSA) is 48.4 Å². The smallest absolute Gasteiger partial charge is 0.178 e. The highest BCUT2D eigenvalue weighted by atomic mass is 19.1. The Hall–Kier alpha value is -1.20. The van der Waals surface area contributed by atoms with Crippen molar-refractivity contribution in [3.63, 3.8) is 0 Å². The molecular formula is C6H6FN3O. The maximum absolute atomic E-state index is 12.8. The lowest BCUT2D eigenvalue weighted by Crippen LogP contribution is -2.27. The van der Waals surface area contributed by atoms with Crippen LogP contribution in [-0.4, -0.2) is 10.2 Å². The van der Waals surface area contributed by atoms with Crippen LogP contribution in [0, 0.1) is 5.82 Å². The lowest BCUT2D eigenvalue weighted by molar-refractivity contribution is 0.219. The average Bonchev–Trinajstić information content (AvgIpc) is 2.35. The highest BCUT2D eigenvalue weighted by Gasteiger charge is 2.21. The molecule has 0 aromatic carbocycles. The van der Waals surface area contributed by atoms with Crippen molar-refractivity contribution in [2.24, 2.45) is 0 Å². The number of nitrogens with zero attached hydrogens (tertiary/aromatic N) is 2. The Bertz CT molecular complexity index is 291. The number of nitrogens with one attached hydrogen (secondary N) is 1. The summed E-state index contributed by atoms with van der Waals surface area (Å²) < 4.78 is 12.8. The van der Waals surface area contributed by atoms with Gasteiger partial charge in [-0.25, -0.2) is 14.8 Å². The maximum atomic E-state index is 12.8. The van der Waals surface area contributed by atoms with Gasteiger partial charge in [-0.15, -0.1) is 0 Å². The monoisotopic (exact) mass is 155 g/mol. The van der Waals surface area contributed by atoms with E-state index in [4.69, 9.17) is 5.21 Å². The standard InChI is InChI=1S/C6H6FN3O/c7-5-1-2-8-6-4(5)3-9-10(6)11/h1-2,9,11H,3H2. The molecule has 0 atom stereocenters. The molecule has 0 radical (unpaired) electrons. The lowest BCUT2D eigenvalue weighted by Gasteiger charge is -2.06. The molecule has 2 N–H and O–H groups in total. The molecule has 0 aliphatic carbocycles. The summed E-state index contributed by atoms with van der Waals surface area (Å²) in [4.78, 5) is 3.77. The van der Waals surface area contributed by atoms with Gasteiger partial charge in [-0.2, -0.15) is 5.17 Å². The molecule has 5 heteroatoms. The number of pyridine rings is 1. The van der Waals surface area contributed by atoms with Crippen molar-refractivity contribution in [2.45, 2.75) is 6.54 Å². The van der Waals surface area contributed by atoms with Gasteiger partial charge in [0, 0.05) is 12.7 Å². The number of hydrazine groups is 1. The third-order valence-electron chi connectivity index (χ3n) is 1.58. The van der Waals surface area contributed by atoms with Gasteiger partial charge in [0.05, 0.1) is 5.56 Å². The second kappa shape index (κ2) is 2.14. The molecule has 58 valence electrons. The predicted octanol–water partition coefficient (Wildman–Crippen LogP) is 0.434. The van der Waals surface area contributed by atoms with E-state index < -0.39 is 0 Å². The van der Waals surface area contributed by atoms with Crippen LogP contribution in [-0.2, 0) is 6.54 Å². The molecule has 0 fully saturated rings. The summed E-state index contributed by atoms with van der Waals surface area (Å²) in [5.41, 5.74) is 2.91. The molecule has 11 heavy (non-hydrogen) atoms. The second-order valence-corrected chi connectivity index (χ2v) is 2.24. The van der Waals surface area contributed by atoms with Gasteiger partial charge in [0.25, 0.3) is 0 Å². The van der Waals surface area contributed by atoms with E-state index in [1.165, 1.54) is 12.3 Å². The Morgan fingerprint density at radius 2 is 2.55 bits per heavy atom. The fourth-order valence-electron chi connectivity index (χ4n) is 1.03. The molecule has 0 spiro atoms. The largest absolute Gasteiger partial charge is 0.272 e. The number of aromatic nitrogens is 1. The van der Waals surface area contributed by atoms with Crippen LogP contribution in [0.4, 0.5) is 10.2 Å². The third-order valence-corrected chi connectivity index (χ3v) is 1.58. The summed E-state index contributed by atoms with van der Waals surface area (Å²) in [5, 5.41) is 9.72. The molecule has 1 aromatic heterocycles. The quantitative estimate of drug-likeness (QED) is 0.570. The summed E-state index contributed by atoms with van der Waals surface area (Å²) in [6.07, 6.45) is 1.31. The van der Waals surface area contributed by atoms with Crippen LogP contribution in [0.25, 0.3) is 0 Å². The van der Waals surface area contributed by atoms with Gasteiger partial charge in [-0.3, -0.25) is 5.21 Å². The van der Waals surface area contributed by atoms with E-state index in [2.05, 4.69) is 10.4 Å². The van der Waals surface area contributed by atoms with Crippen molar-refractivity contribution < 1.29 is 9.60 Å². The Balaban J connectivity index is 2.57. The van der Waals surface area contributed by atoms with E-state index in [-0.39, 0.29) is 18.2 Å².